The molecule has 2 aromatic rings. The third-order valence-electron chi connectivity index (χ3n) is 2.86. The lowest BCUT2D eigenvalue weighted by molar-refractivity contribution is 0.387. The Kier molecular flexibility index (Phi) is 4.04. The molecule has 0 fully saturated rings. The maximum Gasteiger partial charge on any atom is 0.263 e. The Bertz CT molecular complexity index is 776. The lowest BCUT2D eigenvalue weighted by Crippen LogP contribution is -2.15. The number of benzene rings is 2. The van der Waals surface area contributed by atoms with Crippen LogP contribution >= 0.6 is 0 Å². The number of nitrogen functional groups attached to an aromatic ring is 1. The summed E-state index contributed by atoms with van der Waals surface area (Å²) in [4.78, 5) is -0.0311. The summed E-state index contributed by atoms with van der Waals surface area (Å²) in [6.07, 6.45) is 0. The summed E-state index contributed by atoms with van der Waals surface area (Å²) in [7, 11) is -2.55. The second-order valence-corrected chi connectivity index (χ2v) is 6.15. The molecule has 0 aliphatic rings. The van der Waals surface area contributed by atoms with Gasteiger partial charge in [-0.25, -0.2) is 12.8 Å². The number of anilines is 2. The van der Waals surface area contributed by atoms with Crippen molar-refractivity contribution in [2.75, 3.05) is 17.6 Å². The molecular weight excluding hydrogens is 295 g/mol. The van der Waals surface area contributed by atoms with E-state index in [-0.39, 0.29) is 22.0 Å². The number of ether oxygens (including phenoxy) is 1. The molecule has 0 radical (unpaired) electrons. The van der Waals surface area contributed by atoms with Crippen molar-refractivity contribution in [3.05, 3.63) is 47.8 Å². The van der Waals surface area contributed by atoms with E-state index < -0.39 is 15.8 Å². The summed E-state index contributed by atoms with van der Waals surface area (Å²) in [5.74, 6) is -0.623. The molecule has 2 aromatic carbocycles. The van der Waals surface area contributed by atoms with Gasteiger partial charge in [-0.15, -0.1) is 0 Å². The summed E-state index contributed by atoms with van der Waals surface area (Å²) in [5.41, 5.74) is 6.93. The molecule has 0 bridgehead atoms. The minimum absolute atomic E-state index is 0.0311. The molecule has 2 rings (SSSR count). The topological polar surface area (TPSA) is 81.4 Å². The van der Waals surface area contributed by atoms with Crippen LogP contribution in [-0.4, -0.2) is 15.5 Å². The number of hydrogen-bond acceptors (Lipinski definition) is 4. The SMILES string of the molecule is COc1cc(NS(=O)(=O)c2ccc(C)cc2N)ccc1F. The van der Waals surface area contributed by atoms with Gasteiger partial charge in [0.1, 0.15) is 4.90 Å². The van der Waals surface area contributed by atoms with Crippen molar-refractivity contribution in [2.45, 2.75) is 11.8 Å². The van der Waals surface area contributed by atoms with E-state index in [9.17, 15) is 12.8 Å². The van der Waals surface area contributed by atoms with Crippen LogP contribution in [-0.2, 0) is 10.0 Å². The van der Waals surface area contributed by atoms with Crippen LogP contribution in [0.3, 0.4) is 0 Å². The zero-order chi connectivity index (χ0) is 15.6. The predicted molar refractivity (Wildman–Crippen MR) is 79.4 cm³/mol. The molecule has 112 valence electrons. The second-order valence-electron chi connectivity index (χ2n) is 4.50. The first-order valence-electron chi connectivity index (χ1n) is 6.06. The van der Waals surface area contributed by atoms with Crippen molar-refractivity contribution in [2.24, 2.45) is 0 Å². The molecule has 0 amide bonds. The monoisotopic (exact) mass is 310 g/mol. The van der Waals surface area contributed by atoms with Gasteiger partial charge in [0.05, 0.1) is 18.5 Å². The molecule has 0 heterocycles. The van der Waals surface area contributed by atoms with E-state index in [0.29, 0.717) is 0 Å². The van der Waals surface area contributed by atoms with E-state index in [0.717, 1.165) is 11.6 Å². The molecule has 3 N–H and O–H groups in total. The Morgan fingerprint density at radius 3 is 2.52 bits per heavy atom. The minimum atomic E-state index is -3.85. The first-order valence-corrected chi connectivity index (χ1v) is 7.54. The van der Waals surface area contributed by atoms with Gasteiger partial charge in [0.2, 0.25) is 0 Å². The van der Waals surface area contributed by atoms with Gasteiger partial charge in [-0.05, 0) is 36.8 Å². The number of hydrogen-bond donors (Lipinski definition) is 2. The zero-order valence-corrected chi connectivity index (χ0v) is 12.4. The average Bonchev–Trinajstić information content (AvgIpc) is 2.40. The molecule has 0 saturated carbocycles. The van der Waals surface area contributed by atoms with Crippen molar-refractivity contribution in [3.63, 3.8) is 0 Å². The number of sulfonamides is 1. The average molecular weight is 310 g/mol. The van der Waals surface area contributed by atoms with Crippen molar-refractivity contribution < 1.29 is 17.5 Å². The predicted octanol–water partition coefficient (Wildman–Crippen LogP) is 2.53. The van der Waals surface area contributed by atoms with E-state index in [2.05, 4.69) is 4.72 Å². The van der Waals surface area contributed by atoms with Gasteiger partial charge < -0.3 is 10.5 Å². The quantitative estimate of drug-likeness (QED) is 0.850. The Balaban J connectivity index is 2.37. The molecule has 5 nitrogen and oxygen atoms in total. The highest BCUT2D eigenvalue weighted by Gasteiger charge is 2.18. The van der Waals surface area contributed by atoms with Gasteiger partial charge in [0.15, 0.2) is 11.6 Å². The summed E-state index contributed by atoms with van der Waals surface area (Å²) in [6.45, 7) is 1.81. The van der Waals surface area contributed by atoms with E-state index in [1.165, 1.54) is 25.3 Å². The minimum Gasteiger partial charge on any atom is -0.494 e. The van der Waals surface area contributed by atoms with Crippen LogP contribution in [0.1, 0.15) is 5.56 Å². The van der Waals surface area contributed by atoms with Gasteiger partial charge in [-0.1, -0.05) is 6.07 Å². The Morgan fingerprint density at radius 2 is 1.90 bits per heavy atom. The Labute approximate surface area is 122 Å². The van der Waals surface area contributed by atoms with E-state index in [1.54, 1.807) is 12.1 Å². The molecule has 0 saturated heterocycles. The maximum atomic E-state index is 13.3. The summed E-state index contributed by atoms with van der Waals surface area (Å²) >= 11 is 0. The van der Waals surface area contributed by atoms with Gasteiger partial charge in [0.25, 0.3) is 10.0 Å². The molecule has 0 aliphatic heterocycles. The highest BCUT2D eigenvalue weighted by atomic mass is 32.2. The van der Waals surface area contributed by atoms with Crippen molar-refractivity contribution in [1.29, 1.82) is 0 Å². The molecule has 0 unspecified atom stereocenters. The normalized spacial score (nSPS) is 11.2. The van der Waals surface area contributed by atoms with E-state index in [1.807, 2.05) is 6.92 Å². The fraction of sp³-hybridized carbons (Fsp3) is 0.143. The third-order valence-corrected chi connectivity index (χ3v) is 4.31. The highest BCUT2D eigenvalue weighted by molar-refractivity contribution is 7.92. The van der Waals surface area contributed by atoms with Gasteiger partial charge >= 0.3 is 0 Å². The zero-order valence-electron chi connectivity index (χ0n) is 11.6. The first kappa shape index (κ1) is 15.1. The molecule has 0 aromatic heterocycles. The van der Waals surface area contributed by atoms with Crippen molar-refractivity contribution in [3.8, 4) is 5.75 Å². The van der Waals surface area contributed by atoms with Gasteiger partial charge in [-0.2, -0.15) is 0 Å². The van der Waals surface area contributed by atoms with Crippen LogP contribution in [0, 0.1) is 12.7 Å². The second kappa shape index (κ2) is 5.61. The number of nitrogens with two attached hydrogens (primary N) is 1. The van der Waals surface area contributed by atoms with Crippen LogP contribution in [0.25, 0.3) is 0 Å². The van der Waals surface area contributed by atoms with E-state index in [4.69, 9.17) is 10.5 Å². The van der Waals surface area contributed by atoms with Crippen LogP contribution in [0.5, 0.6) is 5.75 Å². The molecular formula is C14H15FN2O3S. The standard InChI is InChI=1S/C14H15FN2O3S/c1-9-3-6-14(12(16)7-9)21(18,19)17-10-4-5-11(15)13(8-10)20-2/h3-8,17H,16H2,1-2H3. The summed E-state index contributed by atoms with van der Waals surface area (Å²) in [5, 5.41) is 0. The Hall–Kier alpha value is -2.28. The van der Waals surface area contributed by atoms with Crippen molar-refractivity contribution in [1.82, 2.24) is 0 Å². The fourth-order valence-corrected chi connectivity index (χ4v) is 3.01. The lowest BCUT2D eigenvalue weighted by Gasteiger charge is -2.11. The first-order chi connectivity index (χ1) is 9.83. The van der Waals surface area contributed by atoms with Crippen molar-refractivity contribution >= 4 is 21.4 Å². The molecule has 7 heteroatoms. The summed E-state index contributed by atoms with van der Waals surface area (Å²) in [6, 6.07) is 8.33. The highest BCUT2D eigenvalue weighted by Crippen LogP contribution is 2.26. The van der Waals surface area contributed by atoms with Gasteiger partial charge in [-0.3, -0.25) is 4.72 Å². The molecule has 0 aliphatic carbocycles. The molecule has 0 spiro atoms. The van der Waals surface area contributed by atoms with Crippen LogP contribution < -0.4 is 15.2 Å². The number of methoxy groups -OCH3 is 1. The lowest BCUT2D eigenvalue weighted by atomic mass is 10.2. The van der Waals surface area contributed by atoms with Crippen LogP contribution in [0.15, 0.2) is 41.3 Å². The molecule has 0 atom stereocenters. The van der Waals surface area contributed by atoms with Crippen LogP contribution in [0.2, 0.25) is 0 Å². The number of halogens is 1. The maximum absolute atomic E-state index is 13.3. The number of aryl methyl sites for hydroxylation is 1. The van der Waals surface area contributed by atoms with Crippen LogP contribution in [0.4, 0.5) is 15.8 Å². The largest absolute Gasteiger partial charge is 0.494 e. The van der Waals surface area contributed by atoms with E-state index >= 15 is 0 Å². The third kappa shape index (κ3) is 3.25. The smallest absolute Gasteiger partial charge is 0.263 e. The van der Waals surface area contributed by atoms with Gasteiger partial charge in [0, 0.05) is 6.07 Å². The molecule has 21 heavy (non-hydrogen) atoms. The number of nitrogens with one attached hydrogen (secondary N) is 1. The fourth-order valence-electron chi connectivity index (χ4n) is 1.85. The Morgan fingerprint density at radius 1 is 1.19 bits per heavy atom. The number of rotatable bonds is 4. The summed E-state index contributed by atoms with van der Waals surface area (Å²) < 4.78 is 45.1.